The SMILES string of the molecule is COc1ccc(OCC2CCCN(CC(=O)C3CCC(c4cc[nH]c5cnc6nccc6c45)CC3)C2)cc1. The molecule has 7 nitrogen and oxygen atoms in total. The van der Waals surface area contributed by atoms with E-state index in [4.69, 9.17) is 9.47 Å². The largest absolute Gasteiger partial charge is 0.497 e. The van der Waals surface area contributed by atoms with Gasteiger partial charge in [0.2, 0.25) is 0 Å². The summed E-state index contributed by atoms with van der Waals surface area (Å²) in [5.41, 5.74) is 3.22. The minimum atomic E-state index is 0.172. The third-order valence-electron chi connectivity index (χ3n) is 8.47. The summed E-state index contributed by atoms with van der Waals surface area (Å²) < 4.78 is 11.3. The van der Waals surface area contributed by atoms with Gasteiger partial charge in [-0.2, -0.15) is 0 Å². The van der Waals surface area contributed by atoms with E-state index in [0.717, 1.165) is 79.7 Å². The van der Waals surface area contributed by atoms with Crippen LogP contribution < -0.4 is 9.47 Å². The molecule has 1 N–H and O–H groups in total. The standard InChI is InChI=1S/C31H36N4O3/c1-37-24-8-10-25(11-9-24)38-20-21-3-2-16-35(18-21)19-29(36)23-6-4-22(5-7-23)26-12-14-32-28-17-34-31-27(30(26)28)13-15-33-31/h8-15,17,21-23,32H,2-7,16,18-20H2,1H3. The summed E-state index contributed by atoms with van der Waals surface area (Å²) in [6.07, 6.45) is 12.0. The maximum atomic E-state index is 13.3. The number of aromatic nitrogens is 3. The molecular weight excluding hydrogens is 476 g/mol. The number of likely N-dealkylation sites (tertiary alicyclic amines) is 1. The number of fused-ring (bicyclic) bond motifs is 3. The van der Waals surface area contributed by atoms with Crippen LogP contribution in [0.4, 0.5) is 0 Å². The van der Waals surface area contributed by atoms with Crippen LogP contribution in [0.3, 0.4) is 0 Å². The average molecular weight is 513 g/mol. The molecule has 3 aromatic heterocycles. The van der Waals surface area contributed by atoms with Gasteiger partial charge in [-0.3, -0.25) is 9.69 Å². The molecule has 2 aliphatic rings. The molecule has 1 unspecified atom stereocenters. The number of carbonyl (C=O) groups excluding carboxylic acids is 1. The van der Waals surface area contributed by atoms with Crippen LogP contribution in [0.25, 0.3) is 21.9 Å². The van der Waals surface area contributed by atoms with Gasteiger partial charge in [0.25, 0.3) is 0 Å². The zero-order chi connectivity index (χ0) is 25.9. The Balaban J connectivity index is 1.02. The summed E-state index contributed by atoms with van der Waals surface area (Å²) in [6.45, 7) is 3.20. The first-order valence-electron chi connectivity index (χ1n) is 13.9. The zero-order valence-electron chi connectivity index (χ0n) is 22.1. The van der Waals surface area contributed by atoms with Crippen molar-refractivity contribution in [2.24, 2.45) is 11.8 Å². The van der Waals surface area contributed by atoms with Gasteiger partial charge in [0.1, 0.15) is 17.3 Å². The van der Waals surface area contributed by atoms with E-state index in [-0.39, 0.29) is 5.92 Å². The predicted molar refractivity (Wildman–Crippen MR) is 149 cm³/mol. The Hall–Kier alpha value is -3.45. The maximum absolute atomic E-state index is 13.3. The van der Waals surface area contributed by atoms with Crippen molar-refractivity contribution in [2.75, 3.05) is 33.4 Å². The van der Waals surface area contributed by atoms with Crippen LogP contribution in [-0.2, 0) is 4.79 Å². The minimum absolute atomic E-state index is 0.172. The van der Waals surface area contributed by atoms with E-state index < -0.39 is 0 Å². The van der Waals surface area contributed by atoms with Crippen LogP contribution in [0.5, 0.6) is 11.5 Å². The normalized spacial score (nSPS) is 22.5. The first kappa shape index (κ1) is 24.9. The molecule has 4 heterocycles. The number of rotatable bonds is 8. The molecule has 2 fully saturated rings. The number of nitrogens with one attached hydrogen (secondary N) is 1. The van der Waals surface area contributed by atoms with Gasteiger partial charge in [-0.25, -0.2) is 9.97 Å². The van der Waals surface area contributed by atoms with Gasteiger partial charge in [0, 0.05) is 41.5 Å². The third-order valence-corrected chi connectivity index (χ3v) is 8.47. The fraction of sp³-hybridized carbons (Fsp3) is 0.452. The lowest BCUT2D eigenvalue weighted by atomic mass is 9.76. The molecule has 6 rings (SSSR count). The van der Waals surface area contributed by atoms with Crippen LogP contribution in [-0.4, -0.2) is 59.0 Å². The Kier molecular flexibility index (Phi) is 7.27. The number of benzene rings is 1. The van der Waals surface area contributed by atoms with E-state index in [2.05, 4.69) is 32.0 Å². The second-order valence-electron chi connectivity index (χ2n) is 10.9. The van der Waals surface area contributed by atoms with Crippen molar-refractivity contribution in [1.82, 2.24) is 19.9 Å². The molecule has 0 bridgehead atoms. The fourth-order valence-electron chi connectivity index (χ4n) is 6.42. The predicted octanol–water partition coefficient (Wildman–Crippen LogP) is 5.75. The number of hydrogen-bond acceptors (Lipinski definition) is 6. The molecule has 1 aliphatic heterocycles. The highest BCUT2D eigenvalue weighted by molar-refractivity contribution is 6.05. The van der Waals surface area contributed by atoms with E-state index in [0.29, 0.717) is 30.8 Å². The number of nitrogens with zero attached hydrogens (tertiary/aromatic N) is 3. The molecule has 1 atom stereocenters. The highest BCUT2D eigenvalue weighted by Crippen LogP contribution is 2.40. The lowest BCUT2D eigenvalue weighted by Crippen LogP contribution is -2.42. The first-order chi connectivity index (χ1) is 18.7. The van der Waals surface area contributed by atoms with Gasteiger partial charge in [-0.15, -0.1) is 0 Å². The molecule has 198 valence electrons. The number of pyridine rings is 2. The highest BCUT2D eigenvalue weighted by atomic mass is 16.5. The Morgan fingerprint density at radius 1 is 1.03 bits per heavy atom. The summed E-state index contributed by atoms with van der Waals surface area (Å²) in [6, 6.07) is 12.0. The molecule has 1 saturated heterocycles. The van der Waals surface area contributed by atoms with Gasteiger partial charge in [-0.05, 0) is 92.9 Å². The fourth-order valence-corrected chi connectivity index (χ4v) is 6.42. The smallest absolute Gasteiger partial charge is 0.159 e. The Morgan fingerprint density at radius 3 is 2.66 bits per heavy atom. The lowest BCUT2D eigenvalue weighted by molar-refractivity contribution is -0.125. The molecule has 1 aliphatic carbocycles. The summed E-state index contributed by atoms with van der Waals surface area (Å²) in [5.74, 6) is 3.20. The molecule has 0 spiro atoms. The average Bonchev–Trinajstić information content (AvgIpc) is 3.46. The van der Waals surface area contributed by atoms with Gasteiger partial charge in [-0.1, -0.05) is 0 Å². The number of hydrogen-bond donors (Lipinski definition) is 1. The van der Waals surface area contributed by atoms with Gasteiger partial charge in [0.15, 0.2) is 5.65 Å². The summed E-state index contributed by atoms with van der Waals surface area (Å²) in [4.78, 5) is 27.9. The van der Waals surface area contributed by atoms with Crippen LogP contribution in [0, 0.1) is 11.8 Å². The number of Topliss-reactive ketones (excluding diaryl/α,β-unsaturated/α-hetero) is 1. The first-order valence-corrected chi connectivity index (χ1v) is 13.9. The summed E-state index contributed by atoms with van der Waals surface area (Å²) in [5, 5.41) is 2.35. The number of aromatic amines is 1. The van der Waals surface area contributed by atoms with E-state index in [1.165, 1.54) is 10.9 Å². The molecule has 1 saturated carbocycles. The lowest BCUT2D eigenvalue weighted by Gasteiger charge is -2.34. The molecule has 4 aromatic rings. The minimum Gasteiger partial charge on any atom is -0.497 e. The molecule has 1 aromatic carbocycles. The molecule has 7 heteroatoms. The topological polar surface area (TPSA) is 80.3 Å². The number of ketones is 1. The van der Waals surface area contributed by atoms with Gasteiger partial charge >= 0.3 is 0 Å². The second kappa shape index (κ2) is 11.1. The van der Waals surface area contributed by atoms with Crippen molar-refractivity contribution in [3.8, 4) is 11.5 Å². The third kappa shape index (κ3) is 5.25. The Bertz CT molecular complexity index is 1390. The van der Waals surface area contributed by atoms with E-state index in [9.17, 15) is 4.79 Å². The second-order valence-corrected chi connectivity index (χ2v) is 10.9. The van der Waals surface area contributed by atoms with Crippen molar-refractivity contribution in [1.29, 1.82) is 0 Å². The Morgan fingerprint density at radius 2 is 1.84 bits per heavy atom. The molecular formula is C31H36N4O3. The highest BCUT2D eigenvalue weighted by Gasteiger charge is 2.30. The summed E-state index contributed by atoms with van der Waals surface area (Å²) >= 11 is 0. The van der Waals surface area contributed by atoms with Crippen LogP contribution in [0.15, 0.2) is 55.0 Å². The number of ether oxygens (including phenoxy) is 2. The monoisotopic (exact) mass is 512 g/mol. The van der Waals surface area contributed by atoms with Crippen LogP contribution in [0.1, 0.15) is 50.0 Å². The maximum Gasteiger partial charge on any atom is 0.159 e. The van der Waals surface area contributed by atoms with Crippen molar-refractivity contribution >= 4 is 27.7 Å². The van der Waals surface area contributed by atoms with Crippen LogP contribution in [0.2, 0.25) is 0 Å². The zero-order valence-corrected chi connectivity index (χ0v) is 22.1. The van der Waals surface area contributed by atoms with E-state index >= 15 is 0 Å². The van der Waals surface area contributed by atoms with E-state index in [1.807, 2.05) is 42.9 Å². The molecule has 0 radical (unpaired) electrons. The van der Waals surface area contributed by atoms with Gasteiger partial charge in [0.05, 0.1) is 32.0 Å². The quantitative estimate of drug-likeness (QED) is 0.324. The number of piperidine rings is 1. The number of H-pyrrole nitrogens is 1. The van der Waals surface area contributed by atoms with Crippen LogP contribution >= 0.6 is 0 Å². The molecule has 0 amide bonds. The number of carbonyl (C=O) groups is 1. The summed E-state index contributed by atoms with van der Waals surface area (Å²) in [7, 11) is 1.67. The van der Waals surface area contributed by atoms with Gasteiger partial charge < -0.3 is 14.5 Å². The van der Waals surface area contributed by atoms with E-state index in [1.54, 1.807) is 7.11 Å². The van der Waals surface area contributed by atoms with Crippen molar-refractivity contribution in [3.63, 3.8) is 0 Å². The van der Waals surface area contributed by atoms with Crippen molar-refractivity contribution in [3.05, 3.63) is 60.6 Å². The van der Waals surface area contributed by atoms with Crippen molar-refractivity contribution < 1.29 is 14.3 Å². The molecule has 38 heavy (non-hydrogen) atoms. The Labute approximate surface area is 223 Å². The van der Waals surface area contributed by atoms with Crippen molar-refractivity contribution in [2.45, 2.75) is 44.4 Å². The number of methoxy groups -OCH3 is 1.